The van der Waals surface area contributed by atoms with Crippen molar-refractivity contribution in [1.82, 2.24) is 0 Å². The van der Waals surface area contributed by atoms with Gasteiger partial charge in [-0.3, -0.25) is 14.4 Å². The van der Waals surface area contributed by atoms with E-state index >= 15 is 0 Å². The minimum absolute atomic E-state index is 0.0656. The Morgan fingerprint density at radius 1 is 0.357 bits per heavy atom. The molecule has 332 valence electrons. The van der Waals surface area contributed by atoms with Crippen molar-refractivity contribution in [2.45, 2.75) is 272 Å². The molecule has 0 aromatic heterocycles. The lowest BCUT2D eigenvalue weighted by Gasteiger charge is -2.18. The lowest BCUT2D eigenvalue weighted by molar-refractivity contribution is -0.167. The van der Waals surface area contributed by atoms with Gasteiger partial charge >= 0.3 is 17.9 Å². The number of carbonyl (C=O) groups is 3. The summed E-state index contributed by atoms with van der Waals surface area (Å²) in [4.78, 5) is 37.8. The molecule has 56 heavy (non-hydrogen) atoms. The number of hydrogen-bond donors (Lipinski definition) is 0. The van der Waals surface area contributed by atoms with Crippen LogP contribution in [0, 0.1) is 17.8 Å². The molecule has 6 heteroatoms. The Balaban J connectivity index is 4.34. The van der Waals surface area contributed by atoms with Crippen molar-refractivity contribution in [2.75, 3.05) is 13.2 Å². The van der Waals surface area contributed by atoms with Crippen molar-refractivity contribution in [1.29, 1.82) is 0 Å². The Labute approximate surface area is 348 Å². The van der Waals surface area contributed by atoms with Crippen LogP contribution in [0.4, 0.5) is 0 Å². The van der Waals surface area contributed by atoms with Gasteiger partial charge in [0.15, 0.2) is 6.10 Å². The highest BCUT2D eigenvalue weighted by Gasteiger charge is 2.19. The topological polar surface area (TPSA) is 78.9 Å². The van der Waals surface area contributed by atoms with E-state index in [1.165, 1.54) is 148 Å². The van der Waals surface area contributed by atoms with Crippen LogP contribution < -0.4 is 0 Å². The first kappa shape index (κ1) is 54.4. The van der Waals surface area contributed by atoms with Crippen LogP contribution in [0.25, 0.3) is 0 Å². The summed E-state index contributed by atoms with van der Waals surface area (Å²) in [7, 11) is 0. The van der Waals surface area contributed by atoms with Crippen LogP contribution in [0.2, 0.25) is 0 Å². The van der Waals surface area contributed by atoms with Crippen molar-refractivity contribution in [2.24, 2.45) is 17.8 Å². The lowest BCUT2D eigenvalue weighted by Crippen LogP contribution is -2.30. The van der Waals surface area contributed by atoms with Crippen LogP contribution >= 0.6 is 0 Å². The van der Waals surface area contributed by atoms with E-state index in [2.05, 4.69) is 41.5 Å². The first-order valence-electron chi connectivity index (χ1n) is 24.6. The molecule has 0 bridgehead atoms. The molecule has 0 heterocycles. The second-order valence-electron chi connectivity index (χ2n) is 18.3. The molecule has 0 aromatic rings. The quantitative estimate of drug-likeness (QED) is 0.0348. The summed E-state index contributed by atoms with van der Waals surface area (Å²) in [6, 6.07) is 0. The zero-order valence-corrected chi connectivity index (χ0v) is 38.4. The average Bonchev–Trinajstić information content (AvgIpc) is 3.16. The Kier molecular flexibility index (Phi) is 40.4. The molecule has 0 aliphatic rings. The number of rotatable bonds is 43. The number of esters is 3. The van der Waals surface area contributed by atoms with Gasteiger partial charge in [0.1, 0.15) is 13.2 Å². The molecule has 0 aliphatic heterocycles. The highest BCUT2D eigenvalue weighted by atomic mass is 16.6. The number of carbonyl (C=O) groups excluding carboxylic acids is 3. The third-order valence-corrected chi connectivity index (χ3v) is 11.5. The average molecular weight is 793 g/mol. The van der Waals surface area contributed by atoms with E-state index in [-0.39, 0.29) is 31.1 Å². The first-order valence-corrected chi connectivity index (χ1v) is 24.6. The minimum Gasteiger partial charge on any atom is -0.462 e. The summed E-state index contributed by atoms with van der Waals surface area (Å²) in [5.74, 6) is 1.62. The van der Waals surface area contributed by atoms with Crippen molar-refractivity contribution < 1.29 is 28.6 Å². The van der Waals surface area contributed by atoms with Crippen LogP contribution in [-0.2, 0) is 28.6 Å². The fraction of sp³-hybridized carbons (Fsp3) is 0.940. The van der Waals surface area contributed by atoms with E-state index in [0.717, 1.165) is 75.5 Å². The monoisotopic (exact) mass is 793 g/mol. The molecular weight excluding hydrogens is 697 g/mol. The smallest absolute Gasteiger partial charge is 0.306 e. The standard InChI is InChI=1S/C50H96O6/c1-7-46(6)38-32-26-20-13-9-11-14-21-27-33-39-48(51)54-42-47(43-55-49(52)40-34-28-22-17-16-19-25-31-37-45(4)5)56-50(53)41-35-29-23-15-10-8-12-18-24-30-36-44(2)3/h44-47H,7-43H2,1-6H3/t46?,47-/m0/s1. The molecular formula is C50H96O6. The van der Waals surface area contributed by atoms with Gasteiger partial charge in [-0.15, -0.1) is 0 Å². The first-order chi connectivity index (χ1) is 27.1. The second-order valence-corrected chi connectivity index (χ2v) is 18.3. The molecule has 2 atom stereocenters. The maximum atomic E-state index is 12.7. The van der Waals surface area contributed by atoms with Gasteiger partial charge in [0.25, 0.3) is 0 Å². The van der Waals surface area contributed by atoms with E-state index < -0.39 is 6.10 Å². The predicted molar refractivity (Wildman–Crippen MR) is 238 cm³/mol. The molecule has 6 nitrogen and oxygen atoms in total. The van der Waals surface area contributed by atoms with E-state index in [1.807, 2.05) is 0 Å². The molecule has 0 saturated carbocycles. The van der Waals surface area contributed by atoms with Gasteiger partial charge in [-0.25, -0.2) is 0 Å². The van der Waals surface area contributed by atoms with Gasteiger partial charge < -0.3 is 14.2 Å². The molecule has 0 fully saturated rings. The molecule has 0 N–H and O–H groups in total. The van der Waals surface area contributed by atoms with Gasteiger partial charge in [-0.2, -0.15) is 0 Å². The summed E-state index contributed by atoms with van der Waals surface area (Å²) in [6.45, 7) is 13.7. The Morgan fingerprint density at radius 2 is 0.625 bits per heavy atom. The van der Waals surface area contributed by atoms with Crippen LogP contribution in [0.1, 0.15) is 266 Å². The lowest BCUT2D eigenvalue weighted by atomic mass is 9.99. The van der Waals surface area contributed by atoms with Crippen molar-refractivity contribution in [3.8, 4) is 0 Å². The number of hydrogen-bond acceptors (Lipinski definition) is 6. The van der Waals surface area contributed by atoms with Crippen LogP contribution in [0.15, 0.2) is 0 Å². The fourth-order valence-electron chi connectivity index (χ4n) is 7.38. The highest BCUT2D eigenvalue weighted by Crippen LogP contribution is 2.18. The predicted octanol–water partition coefficient (Wildman–Crippen LogP) is 15.6. The SMILES string of the molecule is CCC(C)CCCCCCCCCCCCC(=O)OC[C@@H](COC(=O)CCCCCCCCCCC(C)C)OC(=O)CCCCCCCCCCCCC(C)C. The summed E-state index contributed by atoms with van der Waals surface area (Å²) >= 11 is 0. The van der Waals surface area contributed by atoms with Crippen LogP contribution in [0.5, 0.6) is 0 Å². The molecule has 1 unspecified atom stereocenters. The van der Waals surface area contributed by atoms with E-state index in [9.17, 15) is 14.4 Å². The van der Waals surface area contributed by atoms with E-state index in [1.54, 1.807) is 0 Å². The maximum Gasteiger partial charge on any atom is 0.306 e. The largest absolute Gasteiger partial charge is 0.462 e. The van der Waals surface area contributed by atoms with Gasteiger partial charge in [0.2, 0.25) is 0 Å². The fourth-order valence-corrected chi connectivity index (χ4v) is 7.38. The highest BCUT2D eigenvalue weighted by molar-refractivity contribution is 5.71. The van der Waals surface area contributed by atoms with E-state index in [4.69, 9.17) is 14.2 Å². The summed E-state index contributed by atoms with van der Waals surface area (Å²) < 4.78 is 16.8. The molecule has 0 amide bonds. The summed E-state index contributed by atoms with van der Waals surface area (Å²) in [5.41, 5.74) is 0. The number of unbranched alkanes of at least 4 members (excludes halogenated alkanes) is 25. The third kappa shape index (κ3) is 42.0. The normalized spacial score (nSPS) is 12.6. The van der Waals surface area contributed by atoms with Gasteiger partial charge in [-0.05, 0) is 37.0 Å². The third-order valence-electron chi connectivity index (χ3n) is 11.5. The Bertz CT molecular complexity index is 870. The molecule has 0 aromatic carbocycles. The van der Waals surface area contributed by atoms with E-state index in [0.29, 0.717) is 19.3 Å². The van der Waals surface area contributed by atoms with Crippen molar-refractivity contribution in [3.05, 3.63) is 0 Å². The van der Waals surface area contributed by atoms with Crippen LogP contribution in [-0.4, -0.2) is 37.2 Å². The molecule has 0 rings (SSSR count). The molecule has 0 aliphatic carbocycles. The Morgan fingerprint density at radius 3 is 0.929 bits per heavy atom. The molecule has 0 saturated heterocycles. The number of ether oxygens (including phenoxy) is 3. The zero-order chi connectivity index (χ0) is 41.3. The molecule has 0 radical (unpaired) electrons. The van der Waals surface area contributed by atoms with Crippen molar-refractivity contribution >= 4 is 17.9 Å². The molecule has 0 spiro atoms. The minimum atomic E-state index is -0.762. The van der Waals surface area contributed by atoms with Gasteiger partial charge in [0, 0.05) is 19.3 Å². The van der Waals surface area contributed by atoms with Gasteiger partial charge in [0.05, 0.1) is 0 Å². The van der Waals surface area contributed by atoms with Crippen LogP contribution in [0.3, 0.4) is 0 Å². The Hall–Kier alpha value is -1.59. The maximum absolute atomic E-state index is 12.7. The summed E-state index contributed by atoms with van der Waals surface area (Å²) in [5, 5.41) is 0. The zero-order valence-electron chi connectivity index (χ0n) is 38.4. The van der Waals surface area contributed by atoms with Crippen molar-refractivity contribution in [3.63, 3.8) is 0 Å². The van der Waals surface area contributed by atoms with Gasteiger partial charge in [-0.1, -0.05) is 228 Å². The summed E-state index contributed by atoms with van der Waals surface area (Å²) in [6.07, 6.45) is 39.4. The second kappa shape index (κ2) is 41.6.